The second kappa shape index (κ2) is 6.25. The van der Waals surface area contributed by atoms with Gasteiger partial charge >= 0.3 is 0 Å². The molecule has 3 aromatic heterocycles. The minimum Gasteiger partial charge on any atom is -0.363 e. The molecule has 0 fully saturated rings. The van der Waals surface area contributed by atoms with Gasteiger partial charge in [-0.25, -0.2) is 9.97 Å². The molecular formula is C14H18N8. The largest absolute Gasteiger partial charge is 0.363 e. The van der Waals surface area contributed by atoms with Crippen LogP contribution in [0, 0.1) is 0 Å². The Kier molecular flexibility index (Phi) is 3.99. The lowest BCUT2D eigenvalue weighted by Gasteiger charge is -2.10. The Hall–Kier alpha value is -2.90. The first-order chi connectivity index (χ1) is 10.7. The summed E-state index contributed by atoms with van der Waals surface area (Å²) in [5, 5.41) is 14.8. The summed E-state index contributed by atoms with van der Waals surface area (Å²) < 4.78 is 3.55. The highest BCUT2D eigenvalue weighted by Crippen LogP contribution is 2.16. The van der Waals surface area contributed by atoms with Crippen LogP contribution in [0.15, 0.2) is 37.2 Å². The van der Waals surface area contributed by atoms with Gasteiger partial charge in [0.1, 0.15) is 0 Å². The number of nitrogens with one attached hydrogen (secondary N) is 2. The van der Waals surface area contributed by atoms with E-state index in [2.05, 4.69) is 30.8 Å². The van der Waals surface area contributed by atoms with Crippen LogP contribution in [0.5, 0.6) is 0 Å². The van der Waals surface area contributed by atoms with Crippen molar-refractivity contribution in [2.24, 2.45) is 14.1 Å². The summed E-state index contributed by atoms with van der Waals surface area (Å²) in [6.07, 6.45) is 10.9. The molecule has 8 heteroatoms. The second-order valence-corrected chi connectivity index (χ2v) is 5.01. The molecule has 0 radical (unpaired) electrons. The van der Waals surface area contributed by atoms with Crippen molar-refractivity contribution in [1.82, 2.24) is 29.5 Å². The van der Waals surface area contributed by atoms with Gasteiger partial charge in [-0.05, 0) is 0 Å². The highest BCUT2D eigenvalue weighted by molar-refractivity contribution is 5.58. The van der Waals surface area contributed by atoms with E-state index >= 15 is 0 Å². The number of nitrogens with zero attached hydrogens (tertiary/aromatic N) is 6. The molecule has 0 spiro atoms. The molecule has 0 aromatic carbocycles. The van der Waals surface area contributed by atoms with Gasteiger partial charge in [-0.15, -0.1) is 0 Å². The Labute approximate surface area is 128 Å². The van der Waals surface area contributed by atoms with E-state index in [9.17, 15) is 0 Å². The summed E-state index contributed by atoms with van der Waals surface area (Å²) in [5.41, 5.74) is 2.18. The fraction of sp³-hybridized carbons (Fsp3) is 0.286. The fourth-order valence-electron chi connectivity index (χ4n) is 2.09. The molecule has 0 saturated carbocycles. The number of hydrogen-bond donors (Lipinski definition) is 2. The molecule has 0 bridgehead atoms. The lowest BCUT2D eigenvalue weighted by molar-refractivity contribution is 0.767. The van der Waals surface area contributed by atoms with Crippen LogP contribution in [0.4, 0.5) is 11.6 Å². The fourth-order valence-corrected chi connectivity index (χ4v) is 2.09. The topological polar surface area (TPSA) is 85.5 Å². The number of rotatable bonds is 6. The Bertz CT molecular complexity index is 681. The monoisotopic (exact) mass is 298 g/mol. The molecule has 2 N–H and O–H groups in total. The zero-order chi connectivity index (χ0) is 15.4. The number of hydrogen-bond acceptors (Lipinski definition) is 6. The molecule has 114 valence electrons. The van der Waals surface area contributed by atoms with Gasteiger partial charge in [0.15, 0.2) is 11.6 Å². The summed E-state index contributed by atoms with van der Waals surface area (Å²) in [7, 11) is 3.79. The molecule has 3 heterocycles. The van der Waals surface area contributed by atoms with E-state index in [1.165, 1.54) is 0 Å². The van der Waals surface area contributed by atoms with Gasteiger partial charge in [0.05, 0.1) is 12.4 Å². The van der Waals surface area contributed by atoms with Crippen LogP contribution in [-0.4, -0.2) is 29.5 Å². The average molecular weight is 298 g/mol. The van der Waals surface area contributed by atoms with E-state index in [-0.39, 0.29) is 0 Å². The standard InChI is InChI=1S/C14H18N8/c1-21-9-11(7-19-21)5-17-13-14(16-4-3-15-13)18-6-12-8-20-22(2)10-12/h3-4,7-10H,5-6H2,1-2H3,(H,15,17)(H,16,18). The van der Waals surface area contributed by atoms with Gasteiger partial charge < -0.3 is 10.6 Å². The van der Waals surface area contributed by atoms with E-state index in [4.69, 9.17) is 0 Å². The van der Waals surface area contributed by atoms with Crippen LogP contribution < -0.4 is 10.6 Å². The van der Waals surface area contributed by atoms with Crippen LogP contribution >= 0.6 is 0 Å². The summed E-state index contributed by atoms with van der Waals surface area (Å²) >= 11 is 0. The smallest absolute Gasteiger partial charge is 0.169 e. The molecule has 0 unspecified atom stereocenters. The second-order valence-electron chi connectivity index (χ2n) is 5.01. The highest BCUT2D eigenvalue weighted by Gasteiger charge is 2.06. The van der Waals surface area contributed by atoms with Crippen molar-refractivity contribution in [3.63, 3.8) is 0 Å². The van der Waals surface area contributed by atoms with Crippen LogP contribution in [0.25, 0.3) is 0 Å². The summed E-state index contributed by atoms with van der Waals surface area (Å²) in [6, 6.07) is 0. The molecular weight excluding hydrogens is 280 g/mol. The van der Waals surface area contributed by atoms with Crippen molar-refractivity contribution in [3.8, 4) is 0 Å². The molecule has 8 nitrogen and oxygen atoms in total. The van der Waals surface area contributed by atoms with Gasteiger partial charge in [0.2, 0.25) is 0 Å². The van der Waals surface area contributed by atoms with Gasteiger partial charge in [-0.1, -0.05) is 0 Å². The molecule has 0 aliphatic rings. The maximum Gasteiger partial charge on any atom is 0.169 e. The average Bonchev–Trinajstić information content (AvgIpc) is 3.12. The Morgan fingerprint density at radius 3 is 1.64 bits per heavy atom. The third-order valence-electron chi connectivity index (χ3n) is 3.13. The molecule has 0 atom stereocenters. The van der Waals surface area contributed by atoms with Crippen molar-refractivity contribution in [2.45, 2.75) is 13.1 Å². The number of aromatic nitrogens is 6. The molecule has 3 aromatic rings. The lowest BCUT2D eigenvalue weighted by Crippen LogP contribution is -2.08. The number of anilines is 2. The molecule has 0 saturated heterocycles. The maximum atomic E-state index is 4.33. The Balaban J connectivity index is 1.64. The predicted octanol–water partition coefficient (Wildman–Crippen LogP) is 1.17. The SMILES string of the molecule is Cn1cc(CNc2nccnc2NCc2cnn(C)c2)cn1. The predicted molar refractivity (Wildman–Crippen MR) is 83.1 cm³/mol. The molecule has 0 amide bonds. The van der Waals surface area contributed by atoms with Crippen LogP contribution in [-0.2, 0) is 27.2 Å². The van der Waals surface area contributed by atoms with E-state index in [1.807, 2.05) is 38.9 Å². The Morgan fingerprint density at radius 2 is 1.27 bits per heavy atom. The van der Waals surface area contributed by atoms with Crippen LogP contribution in [0.3, 0.4) is 0 Å². The molecule has 22 heavy (non-hydrogen) atoms. The van der Waals surface area contributed by atoms with E-state index < -0.39 is 0 Å². The van der Waals surface area contributed by atoms with Crippen molar-refractivity contribution < 1.29 is 0 Å². The Morgan fingerprint density at radius 1 is 0.818 bits per heavy atom. The quantitative estimate of drug-likeness (QED) is 0.710. The molecule has 0 aliphatic heterocycles. The normalized spacial score (nSPS) is 10.6. The van der Waals surface area contributed by atoms with Crippen LogP contribution in [0.1, 0.15) is 11.1 Å². The van der Waals surface area contributed by atoms with Gasteiger partial charge in [0, 0.05) is 63.1 Å². The van der Waals surface area contributed by atoms with Crippen molar-refractivity contribution in [1.29, 1.82) is 0 Å². The maximum absolute atomic E-state index is 4.33. The first-order valence-electron chi connectivity index (χ1n) is 6.94. The lowest BCUT2D eigenvalue weighted by atomic mass is 10.3. The van der Waals surface area contributed by atoms with Crippen molar-refractivity contribution >= 4 is 11.6 Å². The molecule has 0 aliphatic carbocycles. The first kappa shape index (κ1) is 14.1. The van der Waals surface area contributed by atoms with Gasteiger partial charge in [0.25, 0.3) is 0 Å². The van der Waals surface area contributed by atoms with Crippen molar-refractivity contribution in [3.05, 3.63) is 48.3 Å². The first-order valence-corrected chi connectivity index (χ1v) is 6.94. The van der Waals surface area contributed by atoms with E-state index in [0.717, 1.165) is 22.8 Å². The molecule has 3 rings (SSSR count). The third kappa shape index (κ3) is 3.40. The number of aryl methyl sites for hydroxylation is 2. The van der Waals surface area contributed by atoms with Gasteiger partial charge in [-0.2, -0.15) is 10.2 Å². The van der Waals surface area contributed by atoms with Gasteiger partial charge in [-0.3, -0.25) is 9.36 Å². The zero-order valence-electron chi connectivity index (χ0n) is 12.6. The minimum absolute atomic E-state index is 0.647. The highest BCUT2D eigenvalue weighted by atomic mass is 15.2. The summed E-state index contributed by atoms with van der Waals surface area (Å²) in [4.78, 5) is 8.67. The zero-order valence-corrected chi connectivity index (χ0v) is 12.6. The van der Waals surface area contributed by atoms with Crippen molar-refractivity contribution in [2.75, 3.05) is 10.6 Å². The van der Waals surface area contributed by atoms with E-state index in [1.54, 1.807) is 21.8 Å². The summed E-state index contributed by atoms with van der Waals surface area (Å²) in [5.74, 6) is 1.44. The van der Waals surface area contributed by atoms with Crippen LogP contribution in [0.2, 0.25) is 0 Å². The van der Waals surface area contributed by atoms with E-state index in [0.29, 0.717) is 13.1 Å². The minimum atomic E-state index is 0.647. The third-order valence-corrected chi connectivity index (χ3v) is 3.13. The summed E-state index contributed by atoms with van der Waals surface area (Å²) in [6.45, 7) is 1.29.